The van der Waals surface area contributed by atoms with Gasteiger partial charge in [-0.1, -0.05) is 78.9 Å². The number of halogens is 3. The number of hydrogen-bond acceptors (Lipinski definition) is 1. The van der Waals surface area contributed by atoms with Crippen LogP contribution in [-0.2, 0) is 12.6 Å². The van der Waals surface area contributed by atoms with Gasteiger partial charge in [0.15, 0.2) is 0 Å². The Kier molecular flexibility index (Phi) is 7.69. The van der Waals surface area contributed by atoms with E-state index >= 15 is 0 Å². The van der Waals surface area contributed by atoms with Gasteiger partial charge in [-0.25, -0.2) is 0 Å². The van der Waals surface area contributed by atoms with Crippen molar-refractivity contribution in [3.63, 3.8) is 0 Å². The monoisotopic (exact) mass is 411 g/mol. The molecule has 0 aliphatic rings. The zero-order valence-corrected chi connectivity index (χ0v) is 17.2. The van der Waals surface area contributed by atoms with Crippen LogP contribution in [-0.4, -0.2) is 12.6 Å². The van der Waals surface area contributed by atoms with Crippen LogP contribution >= 0.6 is 0 Å². The summed E-state index contributed by atoms with van der Waals surface area (Å²) >= 11 is 0. The van der Waals surface area contributed by atoms with Crippen molar-refractivity contribution >= 4 is 0 Å². The maximum absolute atomic E-state index is 12.9. The van der Waals surface area contributed by atoms with Crippen molar-refractivity contribution in [3.05, 3.63) is 107 Å². The fourth-order valence-corrected chi connectivity index (χ4v) is 3.85. The summed E-state index contributed by atoms with van der Waals surface area (Å²) in [6, 6.07) is 26.7. The molecule has 0 aromatic heterocycles. The molecule has 1 atom stereocenters. The molecule has 30 heavy (non-hydrogen) atoms. The number of alkyl halides is 3. The van der Waals surface area contributed by atoms with Crippen LogP contribution < -0.4 is 5.32 Å². The third-order valence-electron chi connectivity index (χ3n) is 5.36. The molecule has 0 saturated heterocycles. The molecule has 0 aliphatic carbocycles. The normalized spacial score (nSPS) is 12.8. The Bertz CT molecular complexity index is 851. The standard InChI is InChI=1S/C26H28F3N/c1-20(18-21-10-8-15-24(19-21)26(27,28)29)30-17-9-16-25(22-11-4-2-5-12-22)23-13-6-3-7-14-23/h2-8,10-15,19-20,25,30H,9,16-18H2,1H3. The number of benzene rings is 3. The molecule has 0 amide bonds. The van der Waals surface area contributed by atoms with E-state index in [1.54, 1.807) is 6.07 Å². The third kappa shape index (κ3) is 6.46. The van der Waals surface area contributed by atoms with Crippen LogP contribution in [0, 0.1) is 0 Å². The fourth-order valence-electron chi connectivity index (χ4n) is 3.85. The van der Waals surface area contributed by atoms with Gasteiger partial charge in [-0.2, -0.15) is 13.2 Å². The van der Waals surface area contributed by atoms with Gasteiger partial charge in [-0.3, -0.25) is 0 Å². The summed E-state index contributed by atoms with van der Waals surface area (Å²) in [7, 11) is 0. The molecule has 0 radical (unpaired) electrons. The molecular formula is C26H28F3N. The van der Waals surface area contributed by atoms with Crippen molar-refractivity contribution in [3.8, 4) is 0 Å². The average Bonchev–Trinajstić information content (AvgIpc) is 2.74. The van der Waals surface area contributed by atoms with E-state index in [0.717, 1.165) is 25.5 Å². The Labute approximate surface area is 177 Å². The molecule has 3 aromatic rings. The van der Waals surface area contributed by atoms with E-state index in [4.69, 9.17) is 0 Å². The highest BCUT2D eigenvalue weighted by Crippen LogP contribution is 2.30. The molecule has 0 spiro atoms. The van der Waals surface area contributed by atoms with Crippen molar-refractivity contribution < 1.29 is 13.2 Å². The molecule has 1 unspecified atom stereocenters. The molecule has 4 heteroatoms. The zero-order valence-electron chi connectivity index (χ0n) is 17.2. The van der Waals surface area contributed by atoms with Gasteiger partial charge < -0.3 is 5.32 Å². The topological polar surface area (TPSA) is 12.0 Å². The Morgan fingerprint density at radius 1 is 0.800 bits per heavy atom. The average molecular weight is 412 g/mol. The second kappa shape index (κ2) is 10.4. The van der Waals surface area contributed by atoms with E-state index in [9.17, 15) is 13.2 Å². The summed E-state index contributed by atoms with van der Waals surface area (Å²) < 4.78 is 38.7. The van der Waals surface area contributed by atoms with E-state index in [1.165, 1.54) is 23.3 Å². The first-order chi connectivity index (χ1) is 14.4. The van der Waals surface area contributed by atoms with Crippen LogP contribution in [0.5, 0.6) is 0 Å². The van der Waals surface area contributed by atoms with Gasteiger partial charge in [-0.15, -0.1) is 0 Å². The summed E-state index contributed by atoms with van der Waals surface area (Å²) in [5.74, 6) is 0.341. The van der Waals surface area contributed by atoms with Crippen LogP contribution in [0.1, 0.15) is 47.9 Å². The highest BCUT2D eigenvalue weighted by Gasteiger charge is 2.30. The minimum atomic E-state index is -4.30. The molecule has 0 heterocycles. The fraction of sp³-hybridized carbons (Fsp3) is 0.308. The lowest BCUT2D eigenvalue weighted by Gasteiger charge is -2.19. The molecule has 0 aliphatic heterocycles. The molecule has 3 rings (SSSR count). The molecule has 3 aromatic carbocycles. The second-order valence-electron chi connectivity index (χ2n) is 7.77. The molecular weight excluding hydrogens is 383 g/mol. The predicted molar refractivity (Wildman–Crippen MR) is 117 cm³/mol. The lowest BCUT2D eigenvalue weighted by atomic mass is 9.87. The minimum absolute atomic E-state index is 0.111. The third-order valence-corrected chi connectivity index (χ3v) is 5.36. The Morgan fingerprint density at radius 2 is 1.40 bits per heavy atom. The van der Waals surface area contributed by atoms with Gasteiger partial charge in [0.05, 0.1) is 5.56 Å². The SMILES string of the molecule is CC(Cc1cccc(C(F)(F)F)c1)NCCCC(c1ccccc1)c1ccccc1. The van der Waals surface area contributed by atoms with Crippen molar-refractivity contribution in [1.82, 2.24) is 5.32 Å². The first-order valence-corrected chi connectivity index (χ1v) is 10.4. The summed E-state index contributed by atoms with van der Waals surface area (Å²) in [6.45, 7) is 2.85. The zero-order chi connectivity index (χ0) is 21.4. The van der Waals surface area contributed by atoms with E-state index < -0.39 is 11.7 Å². The van der Waals surface area contributed by atoms with Gasteiger partial charge >= 0.3 is 6.18 Å². The van der Waals surface area contributed by atoms with Crippen molar-refractivity contribution in [2.75, 3.05) is 6.54 Å². The van der Waals surface area contributed by atoms with Gasteiger partial charge in [0.2, 0.25) is 0 Å². The van der Waals surface area contributed by atoms with Crippen molar-refractivity contribution in [2.45, 2.75) is 44.3 Å². The first kappa shape index (κ1) is 22.1. The van der Waals surface area contributed by atoms with Crippen LogP contribution in [0.3, 0.4) is 0 Å². The summed E-state index contributed by atoms with van der Waals surface area (Å²) in [4.78, 5) is 0. The first-order valence-electron chi connectivity index (χ1n) is 10.4. The summed E-state index contributed by atoms with van der Waals surface area (Å²) in [5.41, 5.74) is 2.73. The molecule has 0 fully saturated rings. The Morgan fingerprint density at radius 3 is 1.97 bits per heavy atom. The molecule has 0 saturated carbocycles. The van der Waals surface area contributed by atoms with E-state index in [2.05, 4.69) is 53.8 Å². The molecule has 1 N–H and O–H groups in total. The Hall–Kier alpha value is -2.59. The predicted octanol–water partition coefficient (Wildman–Crippen LogP) is 6.84. The van der Waals surface area contributed by atoms with Crippen LogP contribution in [0.4, 0.5) is 13.2 Å². The quantitative estimate of drug-likeness (QED) is 0.380. The smallest absolute Gasteiger partial charge is 0.314 e. The van der Waals surface area contributed by atoms with E-state index in [-0.39, 0.29) is 6.04 Å². The number of rotatable bonds is 9. The van der Waals surface area contributed by atoms with Crippen molar-refractivity contribution in [1.29, 1.82) is 0 Å². The molecule has 158 valence electrons. The Balaban J connectivity index is 1.53. The molecule has 1 nitrogen and oxygen atoms in total. The summed E-state index contributed by atoms with van der Waals surface area (Å²) in [6.07, 6.45) is -1.72. The lowest BCUT2D eigenvalue weighted by Crippen LogP contribution is -2.29. The highest BCUT2D eigenvalue weighted by molar-refractivity contribution is 5.32. The van der Waals surface area contributed by atoms with Gasteiger partial charge in [0.1, 0.15) is 0 Å². The van der Waals surface area contributed by atoms with Gasteiger partial charge in [0.25, 0.3) is 0 Å². The van der Waals surface area contributed by atoms with Gasteiger partial charge in [0, 0.05) is 12.0 Å². The second-order valence-corrected chi connectivity index (χ2v) is 7.77. The maximum Gasteiger partial charge on any atom is 0.416 e. The van der Waals surface area contributed by atoms with Crippen LogP contribution in [0.15, 0.2) is 84.9 Å². The summed E-state index contributed by atoms with van der Waals surface area (Å²) in [5, 5.41) is 3.47. The largest absolute Gasteiger partial charge is 0.416 e. The minimum Gasteiger partial charge on any atom is -0.314 e. The number of nitrogens with one attached hydrogen (secondary N) is 1. The molecule has 0 bridgehead atoms. The highest BCUT2D eigenvalue weighted by atomic mass is 19.4. The number of hydrogen-bond donors (Lipinski definition) is 1. The van der Waals surface area contributed by atoms with E-state index in [1.807, 2.05) is 19.1 Å². The van der Waals surface area contributed by atoms with Crippen LogP contribution in [0.25, 0.3) is 0 Å². The maximum atomic E-state index is 12.9. The van der Waals surface area contributed by atoms with Crippen molar-refractivity contribution in [2.24, 2.45) is 0 Å². The van der Waals surface area contributed by atoms with E-state index in [0.29, 0.717) is 17.9 Å². The lowest BCUT2D eigenvalue weighted by molar-refractivity contribution is -0.137. The van der Waals surface area contributed by atoms with Gasteiger partial charge in [-0.05, 0) is 55.5 Å². The van der Waals surface area contributed by atoms with Crippen LogP contribution in [0.2, 0.25) is 0 Å².